The highest BCUT2D eigenvalue weighted by Crippen LogP contribution is 2.33. The fourth-order valence-electron chi connectivity index (χ4n) is 1.89. The summed E-state index contributed by atoms with van der Waals surface area (Å²) in [5.74, 6) is 1.35. The van der Waals surface area contributed by atoms with Crippen LogP contribution in [0.4, 0.5) is 5.69 Å². The molecule has 0 unspecified atom stereocenters. The first-order valence-corrected chi connectivity index (χ1v) is 6.55. The van der Waals surface area contributed by atoms with Gasteiger partial charge in [0.2, 0.25) is 0 Å². The summed E-state index contributed by atoms with van der Waals surface area (Å²) in [6.07, 6.45) is 2.12. The van der Waals surface area contributed by atoms with Gasteiger partial charge < -0.3 is 10.5 Å². The lowest BCUT2D eigenvalue weighted by atomic mass is 10.1. The Morgan fingerprint density at radius 2 is 2.16 bits per heavy atom. The second-order valence-electron chi connectivity index (χ2n) is 4.24. The molecule has 6 nitrogen and oxygen atoms in total. The van der Waals surface area contributed by atoms with Crippen LogP contribution in [-0.4, -0.2) is 26.8 Å². The lowest BCUT2D eigenvalue weighted by Gasteiger charge is -2.12. The van der Waals surface area contributed by atoms with Crippen LogP contribution in [0, 0.1) is 0 Å². The Morgan fingerprint density at radius 1 is 1.32 bits per heavy atom. The summed E-state index contributed by atoms with van der Waals surface area (Å²) in [4.78, 5) is 0. The lowest BCUT2D eigenvalue weighted by molar-refractivity contribution is 0.343. The summed E-state index contributed by atoms with van der Waals surface area (Å²) in [6, 6.07) is 5.62. The van der Waals surface area contributed by atoms with Gasteiger partial charge >= 0.3 is 0 Å². The number of nitrogens with two attached hydrogens (primary N) is 1. The largest absolute Gasteiger partial charge is 0.491 e. The number of rotatable bonds is 6. The van der Waals surface area contributed by atoms with Gasteiger partial charge in [-0.25, -0.2) is 4.68 Å². The molecule has 6 heteroatoms. The molecular weight excluding hydrogens is 242 g/mol. The van der Waals surface area contributed by atoms with Crippen LogP contribution >= 0.6 is 0 Å². The van der Waals surface area contributed by atoms with Gasteiger partial charge in [-0.2, -0.15) is 0 Å². The number of anilines is 1. The number of hydrogen-bond donors (Lipinski definition) is 1. The molecule has 0 radical (unpaired) electrons. The second-order valence-corrected chi connectivity index (χ2v) is 4.24. The third-order valence-corrected chi connectivity index (χ3v) is 2.83. The van der Waals surface area contributed by atoms with Crippen molar-refractivity contribution in [1.29, 1.82) is 0 Å². The van der Waals surface area contributed by atoms with E-state index in [1.54, 1.807) is 4.68 Å². The van der Waals surface area contributed by atoms with Gasteiger partial charge in [-0.3, -0.25) is 0 Å². The standard InChI is InChI=1S/C13H19N5O/c1-3-5-9-18-13(15-16-17-18)10-7-6-8-11(14)12(10)19-4-2/h6-8H,3-5,9,14H2,1-2H3. The van der Waals surface area contributed by atoms with Crippen molar-refractivity contribution in [3.8, 4) is 17.1 Å². The number of unbranched alkanes of at least 4 members (excludes halogenated alkanes) is 1. The molecule has 1 heterocycles. The van der Waals surface area contributed by atoms with E-state index in [-0.39, 0.29) is 0 Å². The molecule has 0 fully saturated rings. The van der Waals surface area contributed by atoms with E-state index in [0.717, 1.165) is 24.9 Å². The second kappa shape index (κ2) is 6.17. The van der Waals surface area contributed by atoms with Crippen LogP contribution in [-0.2, 0) is 6.54 Å². The van der Waals surface area contributed by atoms with Gasteiger partial charge in [-0.15, -0.1) is 5.10 Å². The number of nitrogen functional groups attached to an aromatic ring is 1. The van der Waals surface area contributed by atoms with E-state index in [9.17, 15) is 0 Å². The maximum absolute atomic E-state index is 5.96. The van der Waals surface area contributed by atoms with Gasteiger partial charge in [-0.1, -0.05) is 19.4 Å². The van der Waals surface area contributed by atoms with E-state index in [1.165, 1.54) is 0 Å². The Labute approximate surface area is 112 Å². The molecule has 0 saturated carbocycles. The molecule has 0 amide bonds. The Balaban J connectivity index is 2.41. The lowest BCUT2D eigenvalue weighted by Crippen LogP contribution is -2.05. The zero-order valence-corrected chi connectivity index (χ0v) is 11.3. The number of ether oxygens (including phenoxy) is 1. The van der Waals surface area contributed by atoms with Gasteiger partial charge in [0.25, 0.3) is 0 Å². The van der Waals surface area contributed by atoms with Crippen LogP contribution in [0.2, 0.25) is 0 Å². The molecule has 2 N–H and O–H groups in total. The molecule has 0 bridgehead atoms. The maximum Gasteiger partial charge on any atom is 0.185 e. The van der Waals surface area contributed by atoms with Crippen molar-refractivity contribution in [2.45, 2.75) is 33.2 Å². The molecule has 0 spiro atoms. The number of aromatic nitrogens is 4. The monoisotopic (exact) mass is 261 g/mol. The molecular formula is C13H19N5O. The summed E-state index contributed by atoms with van der Waals surface area (Å²) in [5, 5.41) is 11.9. The summed E-state index contributed by atoms with van der Waals surface area (Å²) in [6.45, 7) is 5.41. The third kappa shape index (κ3) is 2.83. The first kappa shape index (κ1) is 13.3. The number of benzene rings is 1. The molecule has 2 rings (SSSR count). The SMILES string of the molecule is CCCCn1nnnc1-c1cccc(N)c1OCC. The fourth-order valence-corrected chi connectivity index (χ4v) is 1.89. The molecule has 1 aromatic carbocycles. The summed E-state index contributed by atoms with van der Waals surface area (Å²) in [7, 11) is 0. The highest BCUT2D eigenvalue weighted by atomic mass is 16.5. The number of nitrogens with zero attached hydrogens (tertiary/aromatic N) is 4. The summed E-state index contributed by atoms with van der Waals surface area (Å²) in [5.41, 5.74) is 7.40. The van der Waals surface area contributed by atoms with Gasteiger partial charge in [0.05, 0.1) is 17.9 Å². The minimum absolute atomic E-state index is 0.553. The zero-order chi connectivity index (χ0) is 13.7. The molecule has 0 atom stereocenters. The van der Waals surface area contributed by atoms with Crippen molar-refractivity contribution < 1.29 is 4.74 Å². The normalized spacial score (nSPS) is 10.6. The molecule has 0 aliphatic carbocycles. The minimum Gasteiger partial charge on any atom is -0.491 e. The Bertz CT molecular complexity index is 538. The molecule has 0 saturated heterocycles. The predicted molar refractivity (Wildman–Crippen MR) is 73.7 cm³/mol. The first-order valence-electron chi connectivity index (χ1n) is 6.55. The Morgan fingerprint density at radius 3 is 2.89 bits per heavy atom. The highest BCUT2D eigenvalue weighted by molar-refractivity contribution is 5.73. The average Bonchev–Trinajstić information content (AvgIpc) is 2.87. The van der Waals surface area contributed by atoms with Crippen LogP contribution in [0.3, 0.4) is 0 Å². The average molecular weight is 261 g/mol. The van der Waals surface area contributed by atoms with Gasteiger partial charge in [0.15, 0.2) is 11.6 Å². The van der Waals surface area contributed by atoms with Crippen molar-refractivity contribution >= 4 is 5.69 Å². The van der Waals surface area contributed by atoms with Crippen molar-refractivity contribution in [3.63, 3.8) is 0 Å². The van der Waals surface area contributed by atoms with Crippen LogP contribution in [0.1, 0.15) is 26.7 Å². The van der Waals surface area contributed by atoms with Crippen molar-refractivity contribution in [2.75, 3.05) is 12.3 Å². The van der Waals surface area contributed by atoms with E-state index < -0.39 is 0 Å². The summed E-state index contributed by atoms with van der Waals surface area (Å²) >= 11 is 0. The zero-order valence-electron chi connectivity index (χ0n) is 11.3. The smallest absolute Gasteiger partial charge is 0.185 e. The van der Waals surface area contributed by atoms with E-state index >= 15 is 0 Å². The number of tetrazole rings is 1. The summed E-state index contributed by atoms with van der Waals surface area (Å²) < 4.78 is 7.41. The number of para-hydroxylation sites is 1. The predicted octanol–water partition coefficient (Wildman–Crippen LogP) is 2.12. The van der Waals surface area contributed by atoms with Crippen LogP contribution in [0.15, 0.2) is 18.2 Å². The van der Waals surface area contributed by atoms with Crippen LogP contribution in [0.5, 0.6) is 5.75 Å². The van der Waals surface area contributed by atoms with Crippen LogP contribution < -0.4 is 10.5 Å². The molecule has 102 valence electrons. The van der Waals surface area contributed by atoms with E-state index in [1.807, 2.05) is 25.1 Å². The highest BCUT2D eigenvalue weighted by Gasteiger charge is 2.15. The Kier molecular flexibility index (Phi) is 4.33. The van der Waals surface area contributed by atoms with Gasteiger partial charge in [0, 0.05) is 6.54 Å². The molecule has 0 aliphatic rings. The van der Waals surface area contributed by atoms with Crippen molar-refractivity contribution in [3.05, 3.63) is 18.2 Å². The van der Waals surface area contributed by atoms with Gasteiger partial charge in [-0.05, 0) is 35.9 Å². The molecule has 0 aliphatic heterocycles. The molecule has 1 aromatic heterocycles. The first-order chi connectivity index (χ1) is 9.27. The number of hydrogen-bond acceptors (Lipinski definition) is 5. The topological polar surface area (TPSA) is 78.9 Å². The van der Waals surface area contributed by atoms with Gasteiger partial charge in [0.1, 0.15) is 0 Å². The molecule has 19 heavy (non-hydrogen) atoms. The Hall–Kier alpha value is -2.11. The van der Waals surface area contributed by atoms with E-state index in [2.05, 4.69) is 22.4 Å². The quantitative estimate of drug-likeness (QED) is 0.806. The fraction of sp³-hybridized carbons (Fsp3) is 0.462. The third-order valence-electron chi connectivity index (χ3n) is 2.83. The van der Waals surface area contributed by atoms with Crippen molar-refractivity contribution in [2.24, 2.45) is 0 Å². The maximum atomic E-state index is 5.96. The van der Waals surface area contributed by atoms with E-state index in [0.29, 0.717) is 23.9 Å². The number of aryl methyl sites for hydroxylation is 1. The minimum atomic E-state index is 0.553. The molecule has 2 aromatic rings. The van der Waals surface area contributed by atoms with Crippen LogP contribution in [0.25, 0.3) is 11.4 Å². The van der Waals surface area contributed by atoms with Crippen molar-refractivity contribution in [1.82, 2.24) is 20.2 Å². The van der Waals surface area contributed by atoms with E-state index in [4.69, 9.17) is 10.5 Å².